The van der Waals surface area contributed by atoms with E-state index in [1.807, 2.05) is 48.5 Å². The molecule has 0 unspecified atom stereocenters. The molecule has 4 nitrogen and oxygen atoms in total. The number of methoxy groups -OCH3 is 1. The summed E-state index contributed by atoms with van der Waals surface area (Å²) in [4.78, 5) is 12.9. The fourth-order valence-electron chi connectivity index (χ4n) is 1.89. The third-order valence-electron chi connectivity index (χ3n) is 3.06. The summed E-state index contributed by atoms with van der Waals surface area (Å²) in [7, 11) is 1.62. The van der Waals surface area contributed by atoms with Gasteiger partial charge in [0.05, 0.1) is 7.11 Å². The first-order valence-electron chi connectivity index (χ1n) is 7.20. The minimum Gasteiger partial charge on any atom is -0.497 e. The zero-order chi connectivity index (χ0) is 16.5. The van der Waals surface area contributed by atoms with Gasteiger partial charge < -0.3 is 15.4 Å². The summed E-state index contributed by atoms with van der Waals surface area (Å²) >= 11 is 7.51. The van der Waals surface area contributed by atoms with Crippen molar-refractivity contribution in [3.8, 4) is 5.75 Å². The van der Waals surface area contributed by atoms with E-state index in [4.69, 9.17) is 16.3 Å². The lowest BCUT2D eigenvalue weighted by Gasteiger charge is -2.08. The maximum absolute atomic E-state index is 11.7. The number of rotatable bonds is 7. The first-order valence-corrected chi connectivity index (χ1v) is 8.57. The minimum absolute atomic E-state index is 0.176. The number of carbonyl (C=O) groups is 1. The van der Waals surface area contributed by atoms with Gasteiger partial charge in [0.25, 0.3) is 0 Å². The van der Waals surface area contributed by atoms with Crippen molar-refractivity contribution in [3.63, 3.8) is 0 Å². The van der Waals surface area contributed by atoms with Gasteiger partial charge in [0.15, 0.2) is 0 Å². The van der Waals surface area contributed by atoms with Crippen molar-refractivity contribution >= 4 is 29.4 Å². The first-order chi connectivity index (χ1) is 11.2. The molecule has 0 saturated carbocycles. The molecule has 122 valence electrons. The number of amides is 2. The van der Waals surface area contributed by atoms with Crippen LogP contribution in [0.15, 0.2) is 53.4 Å². The van der Waals surface area contributed by atoms with E-state index in [9.17, 15) is 4.79 Å². The van der Waals surface area contributed by atoms with Crippen molar-refractivity contribution in [1.29, 1.82) is 0 Å². The Balaban J connectivity index is 1.64. The second kappa shape index (κ2) is 9.33. The van der Waals surface area contributed by atoms with Crippen LogP contribution in [0.1, 0.15) is 5.56 Å². The van der Waals surface area contributed by atoms with Gasteiger partial charge in [-0.25, -0.2) is 4.79 Å². The number of halogens is 1. The molecular formula is C17H19ClN2O2S. The molecule has 2 amide bonds. The standard InChI is InChI=1S/C17H19ClN2O2S/c1-22-15-4-2-3-13(11-15)12-20-17(21)19-9-10-23-16-7-5-14(18)6-8-16/h2-8,11H,9-10,12H2,1H3,(H2,19,20,21). The van der Waals surface area contributed by atoms with Crippen LogP contribution in [0.5, 0.6) is 5.75 Å². The van der Waals surface area contributed by atoms with E-state index in [-0.39, 0.29) is 6.03 Å². The van der Waals surface area contributed by atoms with Crippen molar-refractivity contribution in [1.82, 2.24) is 10.6 Å². The SMILES string of the molecule is COc1cccc(CNC(=O)NCCSc2ccc(Cl)cc2)c1. The molecule has 0 atom stereocenters. The van der Waals surface area contributed by atoms with E-state index < -0.39 is 0 Å². The van der Waals surface area contributed by atoms with Crippen LogP contribution in [-0.2, 0) is 6.54 Å². The predicted octanol–water partition coefficient (Wildman–Crippen LogP) is 3.94. The number of thioether (sulfide) groups is 1. The van der Waals surface area contributed by atoms with Crippen LogP contribution in [0.25, 0.3) is 0 Å². The number of benzene rings is 2. The molecule has 0 radical (unpaired) electrons. The summed E-state index contributed by atoms with van der Waals surface area (Å²) in [6.45, 7) is 1.06. The van der Waals surface area contributed by atoms with Crippen LogP contribution in [0, 0.1) is 0 Å². The van der Waals surface area contributed by atoms with E-state index in [2.05, 4.69) is 10.6 Å². The third-order valence-corrected chi connectivity index (χ3v) is 4.32. The smallest absolute Gasteiger partial charge is 0.315 e. The Morgan fingerprint density at radius 1 is 1.17 bits per heavy atom. The maximum Gasteiger partial charge on any atom is 0.315 e. The van der Waals surface area contributed by atoms with Crippen molar-refractivity contribution in [2.24, 2.45) is 0 Å². The number of hydrogen-bond donors (Lipinski definition) is 2. The van der Waals surface area contributed by atoms with Gasteiger partial charge in [-0.1, -0.05) is 23.7 Å². The van der Waals surface area contributed by atoms with Crippen LogP contribution in [0.3, 0.4) is 0 Å². The molecule has 0 saturated heterocycles. The van der Waals surface area contributed by atoms with Crippen molar-refractivity contribution in [3.05, 3.63) is 59.1 Å². The highest BCUT2D eigenvalue weighted by Gasteiger charge is 2.01. The summed E-state index contributed by atoms with van der Waals surface area (Å²) in [5.74, 6) is 1.58. The van der Waals surface area contributed by atoms with Crippen molar-refractivity contribution in [2.45, 2.75) is 11.4 Å². The fourth-order valence-corrected chi connectivity index (χ4v) is 2.79. The average Bonchev–Trinajstić information content (AvgIpc) is 2.58. The lowest BCUT2D eigenvalue weighted by atomic mass is 10.2. The molecule has 23 heavy (non-hydrogen) atoms. The number of hydrogen-bond acceptors (Lipinski definition) is 3. The third kappa shape index (κ3) is 6.42. The molecule has 0 fully saturated rings. The highest BCUT2D eigenvalue weighted by molar-refractivity contribution is 7.99. The molecule has 0 aliphatic heterocycles. The van der Waals surface area contributed by atoms with Crippen molar-refractivity contribution in [2.75, 3.05) is 19.4 Å². The molecule has 0 aromatic heterocycles. The zero-order valence-corrected chi connectivity index (χ0v) is 14.4. The Hall–Kier alpha value is -1.85. The fraction of sp³-hybridized carbons (Fsp3) is 0.235. The van der Waals surface area contributed by atoms with Gasteiger partial charge in [0, 0.05) is 28.8 Å². The molecule has 6 heteroatoms. The van der Waals surface area contributed by atoms with Crippen LogP contribution < -0.4 is 15.4 Å². The molecular weight excluding hydrogens is 332 g/mol. The summed E-state index contributed by atoms with van der Waals surface area (Å²) in [6.07, 6.45) is 0. The van der Waals surface area contributed by atoms with E-state index in [1.54, 1.807) is 18.9 Å². The Kier molecular flexibility index (Phi) is 7.10. The Labute approximate surface area is 145 Å². The quantitative estimate of drug-likeness (QED) is 0.587. The van der Waals surface area contributed by atoms with Crippen LogP contribution in [0.4, 0.5) is 4.79 Å². The molecule has 2 N–H and O–H groups in total. The summed E-state index contributed by atoms with van der Waals surface area (Å²) in [5.41, 5.74) is 0.995. The first kappa shape index (κ1) is 17.5. The largest absolute Gasteiger partial charge is 0.497 e. The summed E-state index contributed by atoms with van der Waals surface area (Å²) < 4.78 is 5.15. The zero-order valence-electron chi connectivity index (χ0n) is 12.8. The second-order valence-electron chi connectivity index (χ2n) is 4.76. The van der Waals surface area contributed by atoms with E-state index in [1.165, 1.54) is 0 Å². The molecule has 0 aliphatic carbocycles. The molecule has 2 rings (SSSR count). The monoisotopic (exact) mass is 350 g/mol. The van der Waals surface area contributed by atoms with E-state index >= 15 is 0 Å². The minimum atomic E-state index is -0.176. The van der Waals surface area contributed by atoms with Gasteiger partial charge in [-0.05, 0) is 42.0 Å². The van der Waals surface area contributed by atoms with Crippen molar-refractivity contribution < 1.29 is 9.53 Å². The summed E-state index contributed by atoms with van der Waals surface area (Å²) in [6, 6.07) is 15.1. The predicted molar refractivity (Wildman–Crippen MR) is 95.4 cm³/mol. The molecule has 0 spiro atoms. The van der Waals surface area contributed by atoms with E-state index in [0.29, 0.717) is 13.1 Å². The van der Waals surface area contributed by atoms with Crippen LogP contribution >= 0.6 is 23.4 Å². The van der Waals surface area contributed by atoms with Crippen LogP contribution in [-0.4, -0.2) is 25.4 Å². The second-order valence-corrected chi connectivity index (χ2v) is 6.37. The molecule has 0 heterocycles. The average molecular weight is 351 g/mol. The number of nitrogens with one attached hydrogen (secondary N) is 2. The highest BCUT2D eigenvalue weighted by atomic mass is 35.5. The molecule has 2 aromatic carbocycles. The van der Waals surface area contributed by atoms with E-state index in [0.717, 1.165) is 27.0 Å². The van der Waals surface area contributed by atoms with Gasteiger partial charge >= 0.3 is 6.03 Å². The van der Waals surface area contributed by atoms with Gasteiger partial charge in [-0.2, -0.15) is 0 Å². The Morgan fingerprint density at radius 3 is 2.70 bits per heavy atom. The number of ether oxygens (including phenoxy) is 1. The number of urea groups is 1. The summed E-state index contributed by atoms with van der Waals surface area (Å²) in [5, 5.41) is 6.39. The van der Waals surface area contributed by atoms with Gasteiger partial charge in [0.1, 0.15) is 5.75 Å². The Bertz CT molecular complexity index is 635. The molecule has 2 aromatic rings. The normalized spacial score (nSPS) is 10.2. The van der Waals surface area contributed by atoms with Crippen LogP contribution in [0.2, 0.25) is 5.02 Å². The van der Waals surface area contributed by atoms with Gasteiger partial charge in [0.2, 0.25) is 0 Å². The highest BCUT2D eigenvalue weighted by Crippen LogP contribution is 2.19. The maximum atomic E-state index is 11.7. The van der Waals surface area contributed by atoms with Gasteiger partial charge in [-0.3, -0.25) is 0 Å². The topological polar surface area (TPSA) is 50.4 Å². The Morgan fingerprint density at radius 2 is 1.96 bits per heavy atom. The lowest BCUT2D eigenvalue weighted by molar-refractivity contribution is 0.241. The molecule has 0 bridgehead atoms. The number of carbonyl (C=O) groups excluding carboxylic acids is 1. The van der Waals surface area contributed by atoms with Gasteiger partial charge in [-0.15, -0.1) is 11.8 Å². The lowest BCUT2D eigenvalue weighted by Crippen LogP contribution is -2.36. The molecule has 0 aliphatic rings.